The molecular weight excluding hydrogens is 387 g/mol. The molecule has 0 aromatic heterocycles. The van der Waals surface area contributed by atoms with E-state index in [4.69, 9.17) is 27.9 Å². The SMILES string of the molecule is CC(C)(C)OC(=O)N1CC[C@H](NS(=O)(=O)Cc2c(Cl)cccc2Cl)C1. The molecule has 6 nitrogen and oxygen atoms in total. The fraction of sp³-hybridized carbons (Fsp3) is 0.562. The van der Waals surface area contributed by atoms with Gasteiger partial charge < -0.3 is 9.64 Å². The summed E-state index contributed by atoms with van der Waals surface area (Å²) in [6.45, 7) is 6.07. The van der Waals surface area contributed by atoms with Gasteiger partial charge in [0.15, 0.2) is 0 Å². The largest absolute Gasteiger partial charge is 0.444 e. The molecule has 2 rings (SSSR count). The standard InChI is InChI=1S/C16H22Cl2N2O4S/c1-16(2,3)24-15(21)20-8-7-11(9-20)19-25(22,23)10-12-13(17)5-4-6-14(12)18/h4-6,11,19H,7-10H2,1-3H3/t11-/m0/s1. The number of nitrogens with one attached hydrogen (secondary N) is 1. The Balaban J connectivity index is 1.97. The Morgan fingerprint density at radius 1 is 1.32 bits per heavy atom. The Kier molecular flexibility index (Phi) is 6.25. The van der Waals surface area contributed by atoms with Gasteiger partial charge in [0.2, 0.25) is 10.0 Å². The van der Waals surface area contributed by atoms with Crippen molar-refractivity contribution >= 4 is 39.3 Å². The van der Waals surface area contributed by atoms with Crippen LogP contribution in [-0.2, 0) is 20.5 Å². The molecule has 0 saturated carbocycles. The highest BCUT2D eigenvalue weighted by atomic mass is 35.5. The molecule has 140 valence electrons. The van der Waals surface area contributed by atoms with Crippen LogP contribution in [0.3, 0.4) is 0 Å². The molecule has 0 spiro atoms. The first kappa shape index (κ1) is 20.3. The Morgan fingerprint density at radius 3 is 2.48 bits per heavy atom. The summed E-state index contributed by atoms with van der Waals surface area (Å²) in [7, 11) is -3.64. The fourth-order valence-corrected chi connectivity index (χ4v) is 4.67. The topological polar surface area (TPSA) is 75.7 Å². The molecule has 1 fully saturated rings. The van der Waals surface area contributed by atoms with Gasteiger partial charge in [0.05, 0.1) is 5.75 Å². The lowest BCUT2D eigenvalue weighted by Crippen LogP contribution is -2.40. The van der Waals surface area contributed by atoms with Crippen molar-refractivity contribution < 1.29 is 17.9 Å². The molecule has 0 bridgehead atoms. The molecule has 1 heterocycles. The van der Waals surface area contributed by atoms with Crippen molar-refractivity contribution in [1.82, 2.24) is 9.62 Å². The van der Waals surface area contributed by atoms with Crippen molar-refractivity contribution in [3.8, 4) is 0 Å². The number of hydrogen-bond donors (Lipinski definition) is 1. The molecule has 0 unspecified atom stereocenters. The fourth-order valence-electron chi connectivity index (χ4n) is 2.50. The molecule has 9 heteroatoms. The molecule has 0 aliphatic carbocycles. The lowest BCUT2D eigenvalue weighted by molar-refractivity contribution is 0.0292. The van der Waals surface area contributed by atoms with Crippen LogP contribution in [0.5, 0.6) is 0 Å². The van der Waals surface area contributed by atoms with E-state index in [-0.39, 0.29) is 18.3 Å². The number of ether oxygens (including phenoxy) is 1. The molecule has 1 aromatic carbocycles. The lowest BCUT2D eigenvalue weighted by Gasteiger charge is -2.24. The van der Waals surface area contributed by atoms with Crippen molar-refractivity contribution in [2.75, 3.05) is 13.1 Å². The van der Waals surface area contributed by atoms with Crippen molar-refractivity contribution in [3.05, 3.63) is 33.8 Å². The van der Waals surface area contributed by atoms with Gasteiger partial charge in [-0.3, -0.25) is 0 Å². The Morgan fingerprint density at radius 2 is 1.92 bits per heavy atom. The van der Waals surface area contributed by atoms with Gasteiger partial charge in [-0.05, 0) is 39.3 Å². The van der Waals surface area contributed by atoms with Crippen molar-refractivity contribution in [3.63, 3.8) is 0 Å². The molecule has 1 aromatic rings. The number of rotatable bonds is 4. The molecule has 0 radical (unpaired) electrons. The first-order valence-corrected chi connectivity index (χ1v) is 10.3. The van der Waals surface area contributed by atoms with Crippen LogP contribution in [0.25, 0.3) is 0 Å². The summed E-state index contributed by atoms with van der Waals surface area (Å²) in [5.41, 5.74) is -0.226. The van der Waals surface area contributed by atoms with E-state index in [9.17, 15) is 13.2 Å². The Labute approximate surface area is 158 Å². The number of carbonyl (C=O) groups is 1. The number of nitrogens with zero attached hydrogens (tertiary/aromatic N) is 1. The third kappa shape index (κ3) is 6.02. The van der Waals surface area contributed by atoms with E-state index in [1.807, 2.05) is 0 Å². The molecule has 25 heavy (non-hydrogen) atoms. The molecule has 1 saturated heterocycles. The number of sulfonamides is 1. The van der Waals surface area contributed by atoms with Crippen LogP contribution in [0.15, 0.2) is 18.2 Å². The Bertz CT molecular complexity index is 727. The highest BCUT2D eigenvalue weighted by molar-refractivity contribution is 7.88. The second-order valence-electron chi connectivity index (χ2n) is 6.99. The average molecular weight is 409 g/mol. The minimum atomic E-state index is -3.64. The number of hydrogen-bond acceptors (Lipinski definition) is 4. The third-order valence-electron chi connectivity index (χ3n) is 3.58. The molecule has 1 atom stereocenters. The molecule has 1 amide bonds. The highest BCUT2D eigenvalue weighted by Gasteiger charge is 2.32. The second kappa shape index (κ2) is 7.70. The number of likely N-dealkylation sites (tertiary alicyclic amines) is 1. The van der Waals surface area contributed by atoms with Gasteiger partial charge in [-0.1, -0.05) is 29.3 Å². The van der Waals surface area contributed by atoms with E-state index in [2.05, 4.69) is 4.72 Å². The maximum atomic E-state index is 12.4. The van der Waals surface area contributed by atoms with Crippen molar-refractivity contribution in [1.29, 1.82) is 0 Å². The predicted molar refractivity (Wildman–Crippen MR) is 98.4 cm³/mol. The number of benzene rings is 1. The molecular formula is C16H22Cl2N2O4S. The first-order valence-electron chi connectivity index (χ1n) is 7.88. The van der Waals surface area contributed by atoms with Gasteiger partial charge in [-0.15, -0.1) is 0 Å². The molecule has 1 aliphatic heterocycles. The van der Waals surface area contributed by atoms with Crippen molar-refractivity contribution in [2.45, 2.75) is 44.6 Å². The number of carbonyl (C=O) groups excluding carboxylic acids is 1. The van der Waals surface area contributed by atoms with Crippen molar-refractivity contribution in [2.24, 2.45) is 0 Å². The quantitative estimate of drug-likeness (QED) is 0.827. The third-order valence-corrected chi connectivity index (χ3v) is 5.65. The van der Waals surface area contributed by atoms with Crippen LogP contribution < -0.4 is 4.72 Å². The zero-order chi connectivity index (χ0) is 18.8. The predicted octanol–water partition coefficient (Wildman–Crippen LogP) is 3.42. The average Bonchev–Trinajstić information content (AvgIpc) is 2.89. The van der Waals surface area contributed by atoms with Crippen LogP contribution >= 0.6 is 23.2 Å². The van der Waals surface area contributed by atoms with Crippen LogP contribution in [0.1, 0.15) is 32.8 Å². The lowest BCUT2D eigenvalue weighted by atomic mass is 10.2. The summed E-state index contributed by atoms with van der Waals surface area (Å²) in [5.74, 6) is -0.311. The van der Waals surface area contributed by atoms with Crippen LogP contribution in [0.2, 0.25) is 10.0 Å². The highest BCUT2D eigenvalue weighted by Crippen LogP contribution is 2.26. The van der Waals surface area contributed by atoms with E-state index >= 15 is 0 Å². The maximum absolute atomic E-state index is 12.4. The maximum Gasteiger partial charge on any atom is 0.410 e. The minimum absolute atomic E-state index is 0.268. The summed E-state index contributed by atoms with van der Waals surface area (Å²) in [4.78, 5) is 13.5. The number of amides is 1. The second-order valence-corrected chi connectivity index (χ2v) is 9.56. The van der Waals surface area contributed by atoms with Gasteiger partial charge in [0, 0.05) is 34.7 Å². The summed E-state index contributed by atoms with van der Waals surface area (Å²) < 4.78 is 32.7. The summed E-state index contributed by atoms with van der Waals surface area (Å²) in [6, 6.07) is 4.49. The van der Waals surface area contributed by atoms with Crippen LogP contribution in [-0.4, -0.2) is 44.1 Å². The van der Waals surface area contributed by atoms with Gasteiger partial charge in [-0.25, -0.2) is 17.9 Å². The van der Waals surface area contributed by atoms with E-state index in [1.54, 1.807) is 39.0 Å². The van der Waals surface area contributed by atoms with E-state index < -0.39 is 21.7 Å². The van der Waals surface area contributed by atoms with E-state index in [0.717, 1.165) is 0 Å². The van der Waals surface area contributed by atoms with Crippen LogP contribution in [0.4, 0.5) is 4.79 Å². The zero-order valence-corrected chi connectivity index (χ0v) is 16.7. The normalized spacial score (nSPS) is 18.4. The minimum Gasteiger partial charge on any atom is -0.444 e. The Hall–Kier alpha value is -1.02. The first-order chi connectivity index (χ1) is 11.5. The summed E-state index contributed by atoms with van der Waals surface area (Å²) >= 11 is 12.1. The number of halogens is 2. The molecule has 1 N–H and O–H groups in total. The zero-order valence-electron chi connectivity index (χ0n) is 14.4. The monoisotopic (exact) mass is 408 g/mol. The van der Waals surface area contributed by atoms with E-state index in [0.29, 0.717) is 28.6 Å². The smallest absolute Gasteiger partial charge is 0.410 e. The van der Waals surface area contributed by atoms with Gasteiger partial charge in [-0.2, -0.15) is 0 Å². The molecule has 1 aliphatic rings. The van der Waals surface area contributed by atoms with Gasteiger partial charge in [0.1, 0.15) is 5.60 Å². The van der Waals surface area contributed by atoms with Gasteiger partial charge in [0.25, 0.3) is 0 Å². The summed E-state index contributed by atoms with van der Waals surface area (Å²) in [5, 5.41) is 0.611. The summed E-state index contributed by atoms with van der Waals surface area (Å²) in [6.07, 6.45) is 0.0812. The van der Waals surface area contributed by atoms with E-state index in [1.165, 1.54) is 4.90 Å². The van der Waals surface area contributed by atoms with Gasteiger partial charge >= 0.3 is 6.09 Å². The van der Waals surface area contributed by atoms with Crippen LogP contribution in [0, 0.1) is 0 Å².